The number of carboxylic acid groups (broad SMARTS) is 1. The molecule has 0 aliphatic heterocycles. The largest absolute Gasteiger partial charge is 0.481 e. The van der Waals surface area contributed by atoms with E-state index in [1.165, 1.54) is 0 Å². The van der Waals surface area contributed by atoms with Gasteiger partial charge in [-0.05, 0) is 35.8 Å². The van der Waals surface area contributed by atoms with E-state index in [1.54, 1.807) is 12.1 Å². The van der Waals surface area contributed by atoms with Crippen molar-refractivity contribution in [2.75, 3.05) is 0 Å². The fourth-order valence-electron chi connectivity index (χ4n) is 1.66. The molecule has 14 heavy (non-hydrogen) atoms. The molecule has 0 saturated heterocycles. The van der Waals surface area contributed by atoms with Gasteiger partial charge in [0.25, 0.3) is 0 Å². The molecule has 1 aromatic carbocycles. The molecule has 0 radical (unpaired) electrons. The van der Waals surface area contributed by atoms with Gasteiger partial charge in [0.1, 0.15) is 5.92 Å². The quantitative estimate of drug-likeness (QED) is 0.812. The first-order chi connectivity index (χ1) is 6.61. The Labute approximate surface area is 86.8 Å². The van der Waals surface area contributed by atoms with Crippen LogP contribution in [0.15, 0.2) is 29.8 Å². The fourth-order valence-corrected chi connectivity index (χ4v) is 1.79. The van der Waals surface area contributed by atoms with Gasteiger partial charge in [-0.1, -0.05) is 23.7 Å². The van der Waals surface area contributed by atoms with Crippen molar-refractivity contribution in [3.05, 3.63) is 40.4 Å². The van der Waals surface area contributed by atoms with E-state index in [1.807, 2.05) is 19.1 Å². The summed E-state index contributed by atoms with van der Waals surface area (Å²) in [5.74, 6) is -1.15. The molecule has 1 aliphatic rings. The van der Waals surface area contributed by atoms with Gasteiger partial charge < -0.3 is 5.11 Å². The summed E-state index contributed by atoms with van der Waals surface area (Å²) in [6.07, 6.45) is 0. The lowest BCUT2D eigenvalue weighted by Gasteiger charge is -1.96. The van der Waals surface area contributed by atoms with Gasteiger partial charge in [0.2, 0.25) is 0 Å². The van der Waals surface area contributed by atoms with Crippen LogP contribution in [0.3, 0.4) is 0 Å². The summed E-state index contributed by atoms with van der Waals surface area (Å²) < 4.78 is 0. The number of benzene rings is 1. The average Bonchev–Trinajstić information content (AvgIpc) is 2.79. The Bertz CT molecular complexity index is 417. The van der Waals surface area contributed by atoms with Crippen molar-refractivity contribution in [1.82, 2.24) is 0 Å². The third kappa shape index (κ3) is 1.42. The van der Waals surface area contributed by atoms with Crippen LogP contribution in [0.4, 0.5) is 0 Å². The van der Waals surface area contributed by atoms with E-state index in [-0.39, 0.29) is 5.92 Å². The number of hydrogen-bond donors (Lipinski definition) is 1. The highest BCUT2D eigenvalue weighted by Gasteiger charge is 2.39. The van der Waals surface area contributed by atoms with Gasteiger partial charge in [-0.25, -0.2) is 0 Å². The molecule has 0 aromatic heterocycles. The van der Waals surface area contributed by atoms with Crippen LogP contribution < -0.4 is 0 Å². The molecule has 1 aliphatic carbocycles. The second-order valence-electron chi connectivity index (χ2n) is 3.37. The zero-order valence-electron chi connectivity index (χ0n) is 7.62. The summed E-state index contributed by atoms with van der Waals surface area (Å²) in [6, 6.07) is 7.25. The van der Waals surface area contributed by atoms with E-state index >= 15 is 0 Å². The van der Waals surface area contributed by atoms with Gasteiger partial charge in [0.15, 0.2) is 0 Å². The fraction of sp³-hybridized carbons (Fsp3) is 0.182. The summed E-state index contributed by atoms with van der Waals surface area (Å²) in [4.78, 5) is 10.8. The van der Waals surface area contributed by atoms with Crippen LogP contribution in [0, 0.1) is 5.92 Å². The summed E-state index contributed by atoms with van der Waals surface area (Å²) >= 11 is 5.74. The Morgan fingerprint density at radius 3 is 2.36 bits per heavy atom. The van der Waals surface area contributed by atoms with E-state index in [0.717, 1.165) is 16.7 Å². The van der Waals surface area contributed by atoms with Crippen molar-refractivity contribution >= 4 is 23.1 Å². The Balaban J connectivity index is 2.27. The predicted molar refractivity (Wildman–Crippen MR) is 55.2 cm³/mol. The Hall–Kier alpha value is -1.28. The van der Waals surface area contributed by atoms with Gasteiger partial charge in [-0.3, -0.25) is 4.79 Å². The summed E-state index contributed by atoms with van der Waals surface area (Å²) in [5.41, 5.74) is 2.83. The van der Waals surface area contributed by atoms with Crippen molar-refractivity contribution in [1.29, 1.82) is 0 Å². The first-order valence-electron chi connectivity index (χ1n) is 4.30. The van der Waals surface area contributed by atoms with Crippen molar-refractivity contribution in [2.24, 2.45) is 5.92 Å². The van der Waals surface area contributed by atoms with Crippen LogP contribution in [0.25, 0.3) is 5.57 Å². The van der Waals surface area contributed by atoms with Gasteiger partial charge in [-0.2, -0.15) is 0 Å². The van der Waals surface area contributed by atoms with E-state index in [2.05, 4.69) is 0 Å². The first kappa shape index (κ1) is 9.28. The average molecular weight is 209 g/mol. The highest BCUT2D eigenvalue weighted by molar-refractivity contribution is 6.30. The molecular weight excluding hydrogens is 200 g/mol. The zero-order chi connectivity index (χ0) is 10.3. The minimum Gasteiger partial charge on any atom is -0.481 e. The number of hydrogen-bond acceptors (Lipinski definition) is 1. The molecule has 0 heterocycles. The topological polar surface area (TPSA) is 37.3 Å². The first-order valence-corrected chi connectivity index (χ1v) is 4.68. The number of aliphatic carboxylic acids is 1. The van der Waals surface area contributed by atoms with Gasteiger partial charge in [0, 0.05) is 5.02 Å². The van der Waals surface area contributed by atoms with Crippen LogP contribution in [-0.4, -0.2) is 11.1 Å². The van der Waals surface area contributed by atoms with Crippen LogP contribution in [0.5, 0.6) is 0 Å². The van der Waals surface area contributed by atoms with Crippen LogP contribution in [0.1, 0.15) is 12.5 Å². The molecule has 2 rings (SSSR count). The Morgan fingerprint density at radius 1 is 1.36 bits per heavy atom. The minimum absolute atomic E-state index is 0.379. The molecule has 72 valence electrons. The third-order valence-electron chi connectivity index (χ3n) is 2.47. The maximum Gasteiger partial charge on any atom is 0.315 e. The van der Waals surface area contributed by atoms with Crippen molar-refractivity contribution in [2.45, 2.75) is 6.92 Å². The number of carboxylic acids is 1. The second kappa shape index (κ2) is 3.14. The van der Waals surface area contributed by atoms with Crippen molar-refractivity contribution < 1.29 is 9.90 Å². The smallest absolute Gasteiger partial charge is 0.315 e. The highest BCUT2D eigenvalue weighted by Crippen LogP contribution is 2.46. The molecule has 0 fully saturated rings. The molecule has 0 spiro atoms. The SMILES string of the molecule is CC1=C(c2ccc(Cl)cc2)C1C(=O)O. The summed E-state index contributed by atoms with van der Waals surface area (Å²) in [7, 11) is 0. The summed E-state index contributed by atoms with van der Waals surface area (Å²) in [6.45, 7) is 1.85. The normalized spacial score (nSPS) is 19.7. The van der Waals surface area contributed by atoms with Crippen molar-refractivity contribution in [3.63, 3.8) is 0 Å². The standard InChI is InChI=1S/C11H9ClO2/c1-6-9(10(6)11(13)14)7-2-4-8(12)5-3-7/h2-5,10H,1H3,(H,13,14). The van der Waals surface area contributed by atoms with Crippen LogP contribution in [0.2, 0.25) is 5.02 Å². The molecular formula is C11H9ClO2. The molecule has 0 bridgehead atoms. The molecule has 3 heteroatoms. The van der Waals surface area contributed by atoms with Gasteiger partial charge in [0.05, 0.1) is 0 Å². The second-order valence-corrected chi connectivity index (χ2v) is 3.81. The predicted octanol–water partition coefficient (Wildman–Crippen LogP) is 2.83. The van der Waals surface area contributed by atoms with E-state index in [9.17, 15) is 4.79 Å². The van der Waals surface area contributed by atoms with Crippen LogP contribution >= 0.6 is 11.6 Å². The Kier molecular flexibility index (Phi) is 2.08. The summed E-state index contributed by atoms with van der Waals surface area (Å²) in [5, 5.41) is 9.51. The minimum atomic E-state index is -0.771. The number of rotatable bonds is 2. The van der Waals surface area contributed by atoms with Crippen molar-refractivity contribution in [3.8, 4) is 0 Å². The Morgan fingerprint density at radius 2 is 1.93 bits per heavy atom. The van der Waals surface area contributed by atoms with E-state index in [4.69, 9.17) is 16.7 Å². The lowest BCUT2D eigenvalue weighted by molar-refractivity contribution is -0.137. The number of carbonyl (C=O) groups is 1. The molecule has 1 unspecified atom stereocenters. The third-order valence-corrected chi connectivity index (χ3v) is 2.72. The zero-order valence-corrected chi connectivity index (χ0v) is 8.38. The molecule has 1 aromatic rings. The lowest BCUT2D eigenvalue weighted by atomic mass is 10.1. The van der Waals surface area contributed by atoms with Gasteiger partial charge >= 0.3 is 5.97 Å². The monoisotopic (exact) mass is 208 g/mol. The van der Waals surface area contributed by atoms with E-state index in [0.29, 0.717) is 5.02 Å². The molecule has 0 amide bonds. The number of halogens is 1. The molecule has 1 atom stereocenters. The maximum absolute atomic E-state index is 10.8. The van der Waals surface area contributed by atoms with Crippen LogP contribution in [-0.2, 0) is 4.79 Å². The molecule has 2 nitrogen and oxygen atoms in total. The highest BCUT2D eigenvalue weighted by atomic mass is 35.5. The maximum atomic E-state index is 10.8. The molecule has 0 saturated carbocycles. The molecule has 1 N–H and O–H groups in total. The van der Waals surface area contributed by atoms with Gasteiger partial charge in [-0.15, -0.1) is 0 Å². The van der Waals surface area contributed by atoms with E-state index < -0.39 is 5.97 Å². The lowest BCUT2D eigenvalue weighted by Crippen LogP contribution is -2.01.